The number of carbonyl (C=O) groups is 1. The molecule has 1 aliphatic rings. The van der Waals surface area contributed by atoms with Crippen molar-refractivity contribution in [3.05, 3.63) is 59.2 Å². The third-order valence-electron chi connectivity index (χ3n) is 4.97. The van der Waals surface area contributed by atoms with Gasteiger partial charge in [-0.15, -0.1) is 0 Å². The molecule has 2 aromatic carbocycles. The Morgan fingerprint density at radius 3 is 2.48 bits per heavy atom. The van der Waals surface area contributed by atoms with E-state index in [1.165, 1.54) is 0 Å². The highest BCUT2D eigenvalue weighted by molar-refractivity contribution is 5.89. The van der Waals surface area contributed by atoms with Crippen LogP contribution in [-0.2, 0) is 9.47 Å². The summed E-state index contributed by atoms with van der Waals surface area (Å²) in [5.74, 6) is 0.375. The van der Waals surface area contributed by atoms with Crippen LogP contribution in [0.2, 0.25) is 0 Å². The van der Waals surface area contributed by atoms with E-state index < -0.39 is 17.8 Å². The Morgan fingerprint density at radius 1 is 1.17 bits per heavy atom. The topological polar surface area (TPSA) is 56.8 Å². The maximum absolute atomic E-state index is 12.9. The summed E-state index contributed by atoms with van der Waals surface area (Å²) in [4.78, 5) is 12.9. The minimum absolute atomic E-state index is 0.0369. The number of aryl methyl sites for hydroxylation is 1. The van der Waals surface area contributed by atoms with Gasteiger partial charge in [-0.1, -0.05) is 17.7 Å². The molecule has 5 heteroatoms. The molecule has 2 atom stereocenters. The summed E-state index contributed by atoms with van der Waals surface area (Å²) in [7, 11) is 0. The molecule has 0 saturated heterocycles. The lowest BCUT2D eigenvalue weighted by molar-refractivity contribution is -0.151. The second-order valence-corrected chi connectivity index (χ2v) is 8.29. The van der Waals surface area contributed by atoms with E-state index in [0.29, 0.717) is 5.56 Å². The van der Waals surface area contributed by atoms with Gasteiger partial charge in [-0.2, -0.15) is 0 Å². The van der Waals surface area contributed by atoms with Gasteiger partial charge >= 0.3 is 5.97 Å². The fraction of sp³-hybridized carbons (Fsp3) is 0.458. The Kier molecular flexibility index (Phi) is 6.18. The molecule has 0 saturated carbocycles. The molecule has 0 spiro atoms. The summed E-state index contributed by atoms with van der Waals surface area (Å²) in [6, 6.07) is 13.3. The third kappa shape index (κ3) is 4.73. The lowest BCUT2D eigenvalue weighted by Gasteiger charge is -2.44. The van der Waals surface area contributed by atoms with Gasteiger partial charge in [-0.25, -0.2) is 4.79 Å². The summed E-state index contributed by atoms with van der Waals surface area (Å²) >= 11 is 0. The molecule has 5 nitrogen and oxygen atoms in total. The van der Waals surface area contributed by atoms with Crippen molar-refractivity contribution in [2.75, 3.05) is 11.9 Å². The maximum Gasteiger partial charge on any atom is 0.338 e. The molecule has 2 aromatic rings. The standard InChI is InChI=1S/C24H31NO4/c1-7-25-18-12-13-20-19(14-18)21(27-15(2)3)22(24(5,6)29-20)28-23(26)17-10-8-16(4)9-11-17/h8-15,21-22,25H,7H2,1-6H3. The SMILES string of the molecule is CCNc1ccc2c(c1)C(OC(C)C)C(OC(=O)c1ccc(C)cc1)C(C)(C)O2. The molecule has 29 heavy (non-hydrogen) atoms. The number of anilines is 1. The number of fused-ring (bicyclic) bond motifs is 1. The number of ether oxygens (including phenoxy) is 3. The zero-order valence-electron chi connectivity index (χ0n) is 18.1. The molecule has 0 bridgehead atoms. The maximum atomic E-state index is 12.9. The first-order valence-corrected chi connectivity index (χ1v) is 10.2. The van der Waals surface area contributed by atoms with E-state index in [9.17, 15) is 4.79 Å². The predicted octanol–water partition coefficient (Wildman–Crippen LogP) is 5.29. The van der Waals surface area contributed by atoms with Gasteiger partial charge in [0.15, 0.2) is 6.10 Å². The largest absolute Gasteiger partial charge is 0.483 e. The average Bonchev–Trinajstić information content (AvgIpc) is 2.65. The summed E-state index contributed by atoms with van der Waals surface area (Å²) in [6.45, 7) is 12.7. The zero-order valence-corrected chi connectivity index (χ0v) is 18.1. The van der Waals surface area contributed by atoms with E-state index in [0.717, 1.165) is 29.1 Å². The van der Waals surface area contributed by atoms with E-state index in [-0.39, 0.29) is 12.1 Å². The summed E-state index contributed by atoms with van der Waals surface area (Å²) in [5.41, 5.74) is 2.73. The molecular formula is C24H31NO4. The molecule has 0 amide bonds. The van der Waals surface area contributed by atoms with Crippen LogP contribution in [0.5, 0.6) is 5.75 Å². The average molecular weight is 398 g/mol. The van der Waals surface area contributed by atoms with Gasteiger partial charge in [0.25, 0.3) is 0 Å². The summed E-state index contributed by atoms with van der Waals surface area (Å²) < 4.78 is 18.5. The molecule has 0 radical (unpaired) electrons. The van der Waals surface area contributed by atoms with E-state index in [2.05, 4.69) is 5.32 Å². The molecular weight excluding hydrogens is 366 g/mol. The normalized spacial score (nSPS) is 20.0. The van der Waals surface area contributed by atoms with Crippen LogP contribution < -0.4 is 10.1 Å². The van der Waals surface area contributed by atoms with Crippen LogP contribution in [0.15, 0.2) is 42.5 Å². The highest BCUT2D eigenvalue weighted by atomic mass is 16.6. The number of carbonyl (C=O) groups excluding carboxylic acids is 1. The molecule has 0 aliphatic carbocycles. The quantitative estimate of drug-likeness (QED) is 0.671. The Bertz CT molecular complexity index is 858. The first-order chi connectivity index (χ1) is 13.7. The molecule has 1 N–H and O–H groups in total. The Balaban J connectivity index is 1.97. The van der Waals surface area contributed by atoms with Crippen molar-refractivity contribution in [3.8, 4) is 5.75 Å². The lowest BCUT2D eigenvalue weighted by atomic mass is 9.87. The van der Waals surface area contributed by atoms with Crippen molar-refractivity contribution in [2.24, 2.45) is 0 Å². The highest BCUT2D eigenvalue weighted by Gasteiger charge is 2.48. The Morgan fingerprint density at radius 2 is 1.86 bits per heavy atom. The summed E-state index contributed by atoms with van der Waals surface area (Å²) in [6.07, 6.45) is -1.06. The van der Waals surface area contributed by atoms with Crippen molar-refractivity contribution in [1.29, 1.82) is 0 Å². The number of benzene rings is 2. The van der Waals surface area contributed by atoms with E-state index >= 15 is 0 Å². The summed E-state index contributed by atoms with van der Waals surface area (Å²) in [5, 5.41) is 3.32. The van der Waals surface area contributed by atoms with Gasteiger partial charge in [0.05, 0.1) is 11.7 Å². The van der Waals surface area contributed by atoms with E-state index in [1.807, 2.05) is 71.9 Å². The van der Waals surface area contributed by atoms with Gasteiger partial charge in [0.1, 0.15) is 17.5 Å². The molecule has 2 unspecified atom stereocenters. The Hall–Kier alpha value is -2.53. The Labute approximate surface area is 173 Å². The fourth-order valence-electron chi connectivity index (χ4n) is 3.56. The number of nitrogens with one attached hydrogen (secondary N) is 1. The number of hydrogen-bond acceptors (Lipinski definition) is 5. The van der Waals surface area contributed by atoms with Crippen LogP contribution in [0.3, 0.4) is 0 Å². The molecule has 3 rings (SSSR count). The molecule has 156 valence electrons. The lowest BCUT2D eigenvalue weighted by Crippen LogP contribution is -2.52. The van der Waals surface area contributed by atoms with Gasteiger partial charge in [-0.05, 0) is 71.9 Å². The van der Waals surface area contributed by atoms with Gasteiger partial charge in [0, 0.05) is 17.8 Å². The van der Waals surface area contributed by atoms with Crippen LogP contribution >= 0.6 is 0 Å². The third-order valence-corrected chi connectivity index (χ3v) is 4.97. The van der Waals surface area contributed by atoms with E-state index in [4.69, 9.17) is 14.2 Å². The van der Waals surface area contributed by atoms with Crippen molar-refractivity contribution in [2.45, 2.75) is 65.5 Å². The number of esters is 1. The van der Waals surface area contributed by atoms with Gasteiger partial charge in [0.2, 0.25) is 0 Å². The van der Waals surface area contributed by atoms with E-state index in [1.54, 1.807) is 12.1 Å². The van der Waals surface area contributed by atoms with Crippen molar-refractivity contribution < 1.29 is 19.0 Å². The molecule has 0 aromatic heterocycles. The highest BCUT2D eigenvalue weighted by Crippen LogP contribution is 2.45. The van der Waals surface area contributed by atoms with Crippen LogP contribution in [-0.4, -0.2) is 30.3 Å². The fourth-order valence-corrected chi connectivity index (χ4v) is 3.56. The van der Waals surface area contributed by atoms with Crippen molar-refractivity contribution in [3.63, 3.8) is 0 Å². The zero-order chi connectivity index (χ0) is 21.2. The molecule has 1 aliphatic heterocycles. The molecule has 0 fully saturated rings. The van der Waals surface area contributed by atoms with Crippen molar-refractivity contribution in [1.82, 2.24) is 0 Å². The van der Waals surface area contributed by atoms with Crippen LogP contribution in [0, 0.1) is 6.92 Å². The molecule has 1 heterocycles. The van der Waals surface area contributed by atoms with Crippen LogP contribution in [0.1, 0.15) is 62.2 Å². The first kappa shape index (κ1) is 21.2. The second kappa shape index (κ2) is 8.46. The van der Waals surface area contributed by atoms with Gasteiger partial charge < -0.3 is 19.5 Å². The minimum Gasteiger partial charge on any atom is -0.483 e. The second-order valence-electron chi connectivity index (χ2n) is 8.29. The smallest absolute Gasteiger partial charge is 0.338 e. The van der Waals surface area contributed by atoms with Crippen LogP contribution in [0.25, 0.3) is 0 Å². The monoisotopic (exact) mass is 397 g/mol. The minimum atomic E-state index is -0.743. The predicted molar refractivity (Wildman–Crippen MR) is 115 cm³/mol. The van der Waals surface area contributed by atoms with Crippen molar-refractivity contribution >= 4 is 11.7 Å². The number of hydrogen-bond donors (Lipinski definition) is 1. The first-order valence-electron chi connectivity index (χ1n) is 10.2. The van der Waals surface area contributed by atoms with Gasteiger partial charge in [-0.3, -0.25) is 0 Å². The van der Waals surface area contributed by atoms with Crippen LogP contribution in [0.4, 0.5) is 5.69 Å². The number of rotatable bonds is 6.